The number of carbonyl (C=O) groups excluding carboxylic acids is 1. The molecule has 0 spiro atoms. The molecular weight excluding hydrogens is 314 g/mol. The summed E-state index contributed by atoms with van der Waals surface area (Å²) in [5.74, 6) is 0.569. The molecule has 0 saturated heterocycles. The molecule has 1 heterocycles. The summed E-state index contributed by atoms with van der Waals surface area (Å²) in [5.41, 5.74) is 0.859. The fourth-order valence-corrected chi connectivity index (χ4v) is 2.80. The molecule has 1 aliphatic heterocycles. The Kier molecular flexibility index (Phi) is 5.79. The van der Waals surface area contributed by atoms with E-state index in [0.29, 0.717) is 24.0 Å². The second-order valence-electron chi connectivity index (χ2n) is 5.72. The van der Waals surface area contributed by atoms with Crippen molar-refractivity contribution >= 4 is 28.9 Å². The van der Waals surface area contributed by atoms with Gasteiger partial charge < -0.3 is 24.6 Å². The zero-order valence-corrected chi connectivity index (χ0v) is 14.7. The number of hydrogen-bond donors (Lipinski definition) is 1. The number of nitrogens with one attached hydrogen (secondary N) is 1. The summed E-state index contributed by atoms with van der Waals surface area (Å²) in [5, 5.41) is 3.79. The number of anilines is 1. The van der Waals surface area contributed by atoms with Gasteiger partial charge in [-0.05, 0) is 31.3 Å². The lowest BCUT2D eigenvalue weighted by Gasteiger charge is -2.37. The fraction of sp³-hybridized carbons (Fsp3) is 0.500. The zero-order valence-electron chi connectivity index (χ0n) is 13.9. The summed E-state index contributed by atoms with van der Waals surface area (Å²) >= 11 is 5.52. The van der Waals surface area contributed by atoms with E-state index in [1.807, 2.05) is 36.1 Å². The summed E-state index contributed by atoms with van der Waals surface area (Å²) in [4.78, 5) is 15.7. The van der Waals surface area contributed by atoms with Crippen LogP contribution in [0.15, 0.2) is 24.3 Å². The van der Waals surface area contributed by atoms with E-state index in [-0.39, 0.29) is 11.9 Å². The van der Waals surface area contributed by atoms with Crippen molar-refractivity contribution in [3.63, 3.8) is 0 Å². The van der Waals surface area contributed by atoms with E-state index >= 15 is 0 Å². The van der Waals surface area contributed by atoms with Gasteiger partial charge in [0.2, 0.25) is 0 Å². The Morgan fingerprint density at radius 1 is 1.52 bits per heavy atom. The number of carbonyl (C=O) groups is 1. The lowest BCUT2D eigenvalue weighted by molar-refractivity contribution is -0.135. The van der Waals surface area contributed by atoms with Crippen LogP contribution in [0.25, 0.3) is 0 Å². The third kappa shape index (κ3) is 4.11. The molecule has 0 aromatic heterocycles. The summed E-state index contributed by atoms with van der Waals surface area (Å²) in [7, 11) is 5.08. The van der Waals surface area contributed by atoms with Crippen molar-refractivity contribution in [2.45, 2.75) is 19.1 Å². The number of likely N-dealkylation sites (N-methyl/N-ethyl adjacent to an activating group) is 1. The molecule has 1 aromatic carbocycles. The van der Waals surface area contributed by atoms with Crippen LogP contribution in [0.5, 0.6) is 5.75 Å². The van der Waals surface area contributed by atoms with Gasteiger partial charge in [0.15, 0.2) is 11.2 Å². The Bertz CT molecular complexity index is 579. The largest absolute Gasteiger partial charge is 0.476 e. The Balaban J connectivity index is 2.22. The number of ether oxygens (including phenoxy) is 2. The number of rotatable bonds is 4. The van der Waals surface area contributed by atoms with Gasteiger partial charge in [0, 0.05) is 27.2 Å². The van der Waals surface area contributed by atoms with Crippen LogP contribution in [0.3, 0.4) is 0 Å². The predicted octanol–water partition coefficient (Wildman–Crippen LogP) is 1.25. The van der Waals surface area contributed by atoms with E-state index in [2.05, 4.69) is 5.32 Å². The number of benzene rings is 1. The second kappa shape index (κ2) is 7.61. The zero-order chi connectivity index (χ0) is 17.0. The summed E-state index contributed by atoms with van der Waals surface area (Å²) in [6.45, 7) is 2.91. The first kappa shape index (κ1) is 17.5. The lowest BCUT2D eigenvalue weighted by atomic mass is 10.2. The molecule has 2 unspecified atom stereocenters. The van der Waals surface area contributed by atoms with Crippen LogP contribution in [-0.4, -0.2) is 62.4 Å². The average molecular weight is 337 g/mol. The molecule has 2 atom stereocenters. The standard InChI is InChI=1S/C16H23N3O3S/c1-11(10-21-4)17-16(23)19-9-14(15(20)18(2)3)22-13-8-6-5-7-12(13)19/h5-8,11,14H,9-10H2,1-4H3,(H,17,23). The average Bonchev–Trinajstić information content (AvgIpc) is 2.53. The molecule has 126 valence electrons. The van der Waals surface area contributed by atoms with Gasteiger partial charge in [0.25, 0.3) is 5.91 Å². The normalized spacial score (nSPS) is 17.7. The molecular formula is C16H23N3O3S. The molecule has 0 bridgehead atoms. The molecule has 0 aliphatic carbocycles. The number of amides is 1. The molecule has 23 heavy (non-hydrogen) atoms. The molecule has 0 saturated carbocycles. The van der Waals surface area contributed by atoms with Crippen LogP contribution in [-0.2, 0) is 9.53 Å². The van der Waals surface area contributed by atoms with Crippen molar-refractivity contribution in [3.8, 4) is 5.75 Å². The summed E-state index contributed by atoms with van der Waals surface area (Å²) in [6.07, 6.45) is -0.586. The smallest absolute Gasteiger partial charge is 0.265 e. The maximum absolute atomic E-state index is 12.3. The van der Waals surface area contributed by atoms with E-state index < -0.39 is 6.10 Å². The number of methoxy groups -OCH3 is 1. The third-order valence-corrected chi connectivity index (χ3v) is 3.86. The SMILES string of the molecule is COCC(C)NC(=S)N1CC(C(=O)N(C)C)Oc2ccccc21. The predicted molar refractivity (Wildman–Crippen MR) is 94.0 cm³/mol. The van der Waals surface area contributed by atoms with Crippen LogP contribution in [0.1, 0.15) is 6.92 Å². The van der Waals surface area contributed by atoms with E-state index in [4.69, 9.17) is 21.7 Å². The number of nitrogens with zero attached hydrogens (tertiary/aromatic N) is 2. The van der Waals surface area contributed by atoms with Crippen LogP contribution in [0.2, 0.25) is 0 Å². The van der Waals surface area contributed by atoms with Gasteiger partial charge in [-0.25, -0.2) is 0 Å². The van der Waals surface area contributed by atoms with E-state index in [9.17, 15) is 4.79 Å². The topological polar surface area (TPSA) is 54.0 Å². The molecule has 1 amide bonds. The molecule has 1 N–H and O–H groups in total. The van der Waals surface area contributed by atoms with Gasteiger partial charge >= 0.3 is 0 Å². The third-order valence-electron chi connectivity index (χ3n) is 3.52. The lowest BCUT2D eigenvalue weighted by Crippen LogP contribution is -2.54. The van der Waals surface area contributed by atoms with Crippen molar-refractivity contribution in [2.24, 2.45) is 0 Å². The molecule has 1 aromatic rings. The van der Waals surface area contributed by atoms with Crippen LogP contribution in [0.4, 0.5) is 5.69 Å². The van der Waals surface area contributed by atoms with Gasteiger partial charge in [-0.3, -0.25) is 4.79 Å². The van der Waals surface area contributed by atoms with Crippen molar-refractivity contribution in [3.05, 3.63) is 24.3 Å². The van der Waals surface area contributed by atoms with Crippen LogP contribution >= 0.6 is 12.2 Å². The number of fused-ring (bicyclic) bond motifs is 1. The molecule has 7 heteroatoms. The highest BCUT2D eigenvalue weighted by Gasteiger charge is 2.33. The maximum atomic E-state index is 12.3. The van der Waals surface area contributed by atoms with Crippen LogP contribution in [0, 0.1) is 0 Å². The molecule has 6 nitrogen and oxygen atoms in total. The Labute approximate surface area is 142 Å². The molecule has 2 rings (SSSR count). The van der Waals surface area contributed by atoms with Crippen molar-refractivity contribution in [1.82, 2.24) is 10.2 Å². The van der Waals surface area contributed by atoms with Gasteiger partial charge in [-0.2, -0.15) is 0 Å². The van der Waals surface area contributed by atoms with Crippen molar-refractivity contribution in [2.75, 3.05) is 39.3 Å². The van der Waals surface area contributed by atoms with E-state index in [1.54, 1.807) is 21.2 Å². The Morgan fingerprint density at radius 2 is 2.22 bits per heavy atom. The minimum Gasteiger partial charge on any atom is -0.476 e. The number of thiocarbonyl (C=S) groups is 1. The molecule has 1 aliphatic rings. The highest BCUT2D eigenvalue weighted by molar-refractivity contribution is 7.80. The minimum atomic E-state index is -0.586. The number of para-hydroxylation sites is 2. The number of hydrogen-bond acceptors (Lipinski definition) is 4. The first-order chi connectivity index (χ1) is 10.9. The first-order valence-electron chi connectivity index (χ1n) is 7.48. The highest BCUT2D eigenvalue weighted by atomic mass is 32.1. The van der Waals surface area contributed by atoms with E-state index in [0.717, 1.165) is 5.69 Å². The van der Waals surface area contributed by atoms with Crippen molar-refractivity contribution < 1.29 is 14.3 Å². The Hall–Kier alpha value is -1.86. The monoisotopic (exact) mass is 337 g/mol. The van der Waals surface area contributed by atoms with E-state index in [1.165, 1.54) is 4.90 Å². The minimum absolute atomic E-state index is 0.0745. The highest BCUT2D eigenvalue weighted by Crippen LogP contribution is 2.33. The quantitative estimate of drug-likeness (QED) is 0.835. The summed E-state index contributed by atoms with van der Waals surface area (Å²) < 4.78 is 11.0. The van der Waals surface area contributed by atoms with Gasteiger partial charge in [0.05, 0.1) is 18.8 Å². The second-order valence-corrected chi connectivity index (χ2v) is 6.11. The summed E-state index contributed by atoms with van der Waals surface area (Å²) in [6, 6.07) is 7.65. The van der Waals surface area contributed by atoms with Gasteiger partial charge in [-0.1, -0.05) is 12.1 Å². The van der Waals surface area contributed by atoms with Crippen LogP contribution < -0.4 is 15.0 Å². The molecule has 0 fully saturated rings. The molecule has 0 radical (unpaired) electrons. The van der Waals surface area contributed by atoms with Gasteiger partial charge in [-0.15, -0.1) is 0 Å². The van der Waals surface area contributed by atoms with Gasteiger partial charge in [0.1, 0.15) is 5.75 Å². The first-order valence-corrected chi connectivity index (χ1v) is 7.88. The fourth-order valence-electron chi connectivity index (χ4n) is 2.42. The van der Waals surface area contributed by atoms with Crippen molar-refractivity contribution in [1.29, 1.82) is 0 Å². The Morgan fingerprint density at radius 3 is 2.87 bits per heavy atom. The maximum Gasteiger partial charge on any atom is 0.265 e.